The lowest BCUT2D eigenvalue weighted by molar-refractivity contribution is 0.0945. The number of nitrogen functional groups attached to an aromatic ring is 1. The van der Waals surface area contributed by atoms with Crippen LogP contribution < -0.4 is 16.4 Å². The third-order valence-corrected chi connectivity index (χ3v) is 2.68. The van der Waals surface area contributed by atoms with Crippen LogP contribution in [0.3, 0.4) is 0 Å². The maximum atomic E-state index is 11.9. The number of carbonyl (C=O) groups is 2. The highest BCUT2D eigenvalue weighted by molar-refractivity contribution is 5.99. The van der Waals surface area contributed by atoms with Gasteiger partial charge in [0.25, 0.3) is 11.8 Å². The van der Waals surface area contributed by atoms with E-state index in [1.807, 2.05) is 6.92 Å². The van der Waals surface area contributed by atoms with Gasteiger partial charge in [0, 0.05) is 13.6 Å². The fourth-order valence-corrected chi connectivity index (χ4v) is 1.64. The Hall–Kier alpha value is -2.71. The Kier molecular flexibility index (Phi) is 3.78. The van der Waals surface area contributed by atoms with Gasteiger partial charge in [-0.25, -0.2) is 4.98 Å². The summed E-state index contributed by atoms with van der Waals surface area (Å²) in [6.45, 7) is 2.45. The average molecular weight is 277 g/mol. The second kappa shape index (κ2) is 5.51. The third-order valence-electron chi connectivity index (χ3n) is 2.68. The van der Waals surface area contributed by atoms with Gasteiger partial charge in [0.15, 0.2) is 17.0 Å². The summed E-state index contributed by atoms with van der Waals surface area (Å²) in [5.74, 6) is -0.718. The van der Waals surface area contributed by atoms with E-state index in [0.717, 1.165) is 6.42 Å². The summed E-state index contributed by atoms with van der Waals surface area (Å²) in [5, 5.41) is 12.7. The van der Waals surface area contributed by atoms with Crippen molar-refractivity contribution in [2.24, 2.45) is 0 Å². The molecule has 106 valence electrons. The van der Waals surface area contributed by atoms with Crippen LogP contribution in [-0.2, 0) is 0 Å². The zero-order valence-corrected chi connectivity index (χ0v) is 11.2. The van der Waals surface area contributed by atoms with Gasteiger partial charge in [-0.05, 0) is 6.42 Å². The molecule has 2 aromatic heterocycles. The zero-order chi connectivity index (χ0) is 14.7. The second-order valence-corrected chi connectivity index (χ2v) is 4.06. The minimum absolute atomic E-state index is 0.00630. The molecular weight excluding hydrogens is 262 g/mol. The van der Waals surface area contributed by atoms with Gasteiger partial charge in [0.05, 0.1) is 0 Å². The smallest absolute Gasteiger partial charge is 0.275 e. The van der Waals surface area contributed by atoms with E-state index in [2.05, 4.69) is 25.8 Å². The molecule has 9 nitrogen and oxygen atoms in total. The molecule has 0 unspecified atom stereocenters. The van der Waals surface area contributed by atoms with Crippen molar-refractivity contribution in [2.45, 2.75) is 13.3 Å². The molecule has 0 aliphatic carbocycles. The standard InChI is InChI=1S/C11H15N7O2/c1-3-4-14-11(20)6-8(12)18-5-15-7(10(19)13-2)9(18)17-16-6/h5H,3-4,12H2,1-2H3,(H,13,19)(H,14,20). The molecule has 0 bridgehead atoms. The van der Waals surface area contributed by atoms with Crippen LogP contribution in [0.4, 0.5) is 5.82 Å². The molecule has 0 fully saturated rings. The molecule has 0 atom stereocenters. The van der Waals surface area contributed by atoms with Crippen molar-refractivity contribution in [3.8, 4) is 0 Å². The molecule has 0 aliphatic rings. The van der Waals surface area contributed by atoms with Crippen LogP contribution >= 0.6 is 0 Å². The molecule has 2 heterocycles. The van der Waals surface area contributed by atoms with Gasteiger partial charge < -0.3 is 16.4 Å². The van der Waals surface area contributed by atoms with Crippen molar-refractivity contribution >= 4 is 23.3 Å². The summed E-state index contributed by atoms with van der Waals surface area (Å²) in [5.41, 5.74) is 6.19. The van der Waals surface area contributed by atoms with E-state index in [0.29, 0.717) is 6.54 Å². The van der Waals surface area contributed by atoms with Crippen molar-refractivity contribution in [1.82, 2.24) is 30.2 Å². The van der Waals surface area contributed by atoms with Gasteiger partial charge >= 0.3 is 0 Å². The number of nitrogens with zero attached hydrogens (tertiary/aromatic N) is 4. The lowest BCUT2D eigenvalue weighted by Crippen LogP contribution is -2.27. The first kappa shape index (κ1) is 13.7. The predicted octanol–water partition coefficient (Wildman–Crippen LogP) is -0.794. The minimum atomic E-state index is -0.408. The molecule has 0 aromatic carbocycles. The van der Waals surface area contributed by atoms with E-state index < -0.39 is 11.8 Å². The maximum absolute atomic E-state index is 11.9. The van der Waals surface area contributed by atoms with Crippen molar-refractivity contribution in [3.63, 3.8) is 0 Å². The number of imidazole rings is 1. The molecule has 0 saturated carbocycles. The zero-order valence-electron chi connectivity index (χ0n) is 11.2. The van der Waals surface area contributed by atoms with Crippen LogP contribution in [0.5, 0.6) is 0 Å². The van der Waals surface area contributed by atoms with E-state index in [-0.39, 0.29) is 22.9 Å². The number of fused-ring (bicyclic) bond motifs is 1. The van der Waals surface area contributed by atoms with E-state index in [9.17, 15) is 9.59 Å². The number of hydrogen-bond donors (Lipinski definition) is 3. The number of rotatable bonds is 4. The highest BCUT2D eigenvalue weighted by atomic mass is 16.2. The minimum Gasteiger partial charge on any atom is -0.383 e. The molecule has 2 aromatic rings. The van der Waals surface area contributed by atoms with Crippen LogP contribution in [0.1, 0.15) is 34.3 Å². The van der Waals surface area contributed by atoms with Gasteiger partial charge in [-0.1, -0.05) is 6.92 Å². The summed E-state index contributed by atoms with van der Waals surface area (Å²) < 4.78 is 1.36. The topological polar surface area (TPSA) is 127 Å². The monoisotopic (exact) mass is 277 g/mol. The second-order valence-electron chi connectivity index (χ2n) is 4.06. The van der Waals surface area contributed by atoms with Gasteiger partial charge in [0.2, 0.25) is 0 Å². The summed E-state index contributed by atoms with van der Waals surface area (Å²) in [7, 11) is 1.48. The van der Waals surface area contributed by atoms with Gasteiger partial charge in [-0.15, -0.1) is 10.2 Å². The Morgan fingerprint density at radius 2 is 2.05 bits per heavy atom. The van der Waals surface area contributed by atoms with Crippen LogP contribution in [0.15, 0.2) is 6.33 Å². The third kappa shape index (κ3) is 2.25. The number of carbonyl (C=O) groups excluding carboxylic acids is 2. The Morgan fingerprint density at radius 3 is 2.70 bits per heavy atom. The van der Waals surface area contributed by atoms with Crippen LogP contribution in [0, 0.1) is 0 Å². The average Bonchev–Trinajstić information content (AvgIpc) is 2.89. The molecule has 0 saturated heterocycles. The molecule has 9 heteroatoms. The fourth-order valence-electron chi connectivity index (χ4n) is 1.64. The molecule has 20 heavy (non-hydrogen) atoms. The van der Waals surface area contributed by atoms with Gasteiger partial charge in [-0.2, -0.15) is 0 Å². The first-order valence-corrected chi connectivity index (χ1v) is 6.09. The Balaban J connectivity index is 2.45. The van der Waals surface area contributed by atoms with E-state index in [1.54, 1.807) is 0 Å². The van der Waals surface area contributed by atoms with Crippen molar-refractivity contribution in [1.29, 1.82) is 0 Å². The molecule has 0 radical (unpaired) electrons. The largest absolute Gasteiger partial charge is 0.383 e. The first-order chi connectivity index (χ1) is 9.60. The van der Waals surface area contributed by atoms with Crippen LogP contribution in [0.25, 0.3) is 5.65 Å². The number of hydrogen-bond acceptors (Lipinski definition) is 6. The summed E-state index contributed by atoms with van der Waals surface area (Å²) in [6.07, 6.45) is 2.13. The first-order valence-electron chi connectivity index (χ1n) is 6.09. The van der Waals surface area contributed by atoms with Crippen LogP contribution in [0.2, 0.25) is 0 Å². The summed E-state index contributed by atoms with van der Waals surface area (Å²) in [4.78, 5) is 27.4. The molecule has 0 aliphatic heterocycles. The number of nitrogens with one attached hydrogen (secondary N) is 2. The van der Waals surface area contributed by atoms with Gasteiger partial charge in [0.1, 0.15) is 12.1 Å². The molecule has 4 N–H and O–H groups in total. The Morgan fingerprint density at radius 1 is 1.30 bits per heavy atom. The molecule has 0 spiro atoms. The summed E-state index contributed by atoms with van der Waals surface area (Å²) in [6, 6.07) is 0. The lowest BCUT2D eigenvalue weighted by atomic mass is 10.3. The van der Waals surface area contributed by atoms with Crippen molar-refractivity contribution in [3.05, 3.63) is 17.7 Å². The Labute approximate surface area is 114 Å². The van der Waals surface area contributed by atoms with Crippen LogP contribution in [-0.4, -0.2) is 45.0 Å². The molecular formula is C11H15N7O2. The maximum Gasteiger partial charge on any atom is 0.275 e. The van der Waals surface area contributed by atoms with E-state index in [1.165, 1.54) is 17.8 Å². The lowest BCUT2D eigenvalue weighted by Gasteiger charge is -2.06. The normalized spacial score (nSPS) is 10.5. The van der Waals surface area contributed by atoms with Gasteiger partial charge in [-0.3, -0.25) is 14.0 Å². The van der Waals surface area contributed by atoms with Crippen molar-refractivity contribution < 1.29 is 9.59 Å². The van der Waals surface area contributed by atoms with Crippen molar-refractivity contribution in [2.75, 3.05) is 19.3 Å². The fraction of sp³-hybridized carbons (Fsp3) is 0.364. The highest BCUT2D eigenvalue weighted by Gasteiger charge is 2.20. The summed E-state index contributed by atoms with van der Waals surface area (Å²) >= 11 is 0. The number of anilines is 1. The SMILES string of the molecule is CCCNC(=O)c1nnc2c(C(=O)NC)ncn2c1N. The van der Waals surface area contributed by atoms with E-state index in [4.69, 9.17) is 5.73 Å². The predicted molar refractivity (Wildman–Crippen MR) is 71.2 cm³/mol. The number of nitrogens with two attached hydrogens (primary N) is 1. The molecule has 2 rings (SSSR count). The highest BCUT2D eigenvalue weighted by Crippen LogP contribution is 2.13. The number of aromatic nitrogens is 4. The molecule has 2 amide bonds. The van der Waals surface area contributed by atoms with E-state index >= 15 is 0 Å². The number of amides is 2. The quantitative estimate of drug-likeness (QED) is 0.671. The Bertz CT molecular complexity index is 664.